The molecule has 0 aromatic heterocycles. The molecule has 1 amide bonds. The molecule has 0 radical (unpaired) electrons. The minimum absolute atomic E-state index is 0. The molecule has 0 aliphatic carbocycles. The van der Waals surface area contributed by atoms with Gasteiger partial charge in [0, 0.05) is 20.3 Å². The lowest BCUT2D eigenvalue weighted by Crippen LogP contribution is -2.40. The van der Waals surface area contributed by atoms with Crippen molar-refractivity contribution in [2.75, 3.05) is 33.5 Å². The van der Waals surface area contributed by atoms with Crippen LogP contribution in [0.3, 0.4) is 0 Å². The molecule has 17 heavy (non-hydrogen) atoms. The van der Waals surface area contributed by atoms with Crippen molar-refractivity contribution in [3.8, 4) is 0 Å². The fourth-order valence-corrected chi connectivity index (χ4v) is 1.20. The molecule has 0 saturated heterocycles. The second-order valence-electron chi connectivity index (χ2n) is 3.64. The van der Waals surface area contributed by atoms with E-state index in [0.717, 1.165) is 19.3 Å². The second kappa shape index (κ2) is 13.7. The molecule has 0 bridgehead atoms. The summed E-state index contributed by atoms with van der Waals surface area (Å²) >= 11 is 0. The van der Waals surface area contributed by atoms with Crippen molar-refractivity contribution in [2.24, 2.45) is 5.73 Å². The van der Waals surface area contributed by atoms with Gasteiger partial charge in [-0.05, 0) is 12.8 Å². The van der Waals surface area contributed by atoms with Gasteiger partial charge >= 0.3 is 0 Å². The first-order chi connectivity index (χ1) is 7.72. The molecule has 104 valence electrons. The van der Waals surface area contributed by atoms with Crippen LogP contribution in [0.2, 0.25) is 0 Å². The van der Waals surface area contributed by atoms with Crippen molar-refractivity contribution >= 4 is 18.3 Å². The first-order valence-electron chi connectivity index (χ1n) is 5.82. The van der Waals surface area contributed by atoms with E-state index < -0.39 is 0 Å². The van der Waals surface area contributed by atoms with E-state index in [1.807, 2.05) is 6.92 Å². The lowest BCUT2D eigenvalue weighted by Gasteiger charge is -2.11. The van der Waals surface area contributed by atoms with Crippen LogP contribution in [0, 0.1) is 0 Å². The summed E-state index contributed by atoms with van der Waals surface area (Å²) in [6.45, 7) is 4.46. The second-order valence-corrected chi connectivity index (χ2v) is 3.64. The van der Waals surface area contributed by atoms with E-state index in [0.29, 0.717) is 26.4 Å². The summed E-state index contributed by atoms with van der Waals surface area (Å²) in [7, 11) is 1.64. The molecule has 0 spiro atoms. The highest BCUT2D eigenvalue weighted by Gasteiger charge is 2.10. The molecule has 0 aliphatic heterocycles. The highest BCUT2D eigenvalue weighted by Crippen LogP contribution is 1.92. The van der Waals surface area contributed by atoms with Gasteiger partial charge in [-0.3, -0.25) is 4.79 Å². The summed E-state index contributed by atoms with van der Waals surface area (Å²) in [6, 6.07) is -0.376. The summed E-state index contributed by atoms with van der Waals surface area (Å²) < 4.78 is 10.1. The summed E-state index contributed by atoms with van der Waals surface area (Å²) in [5, 5.41) is 2.78. The van der Waals surface area contributed by atoms with Crippen molar-refractivity contribution in [3.05, 3.63) is 0 Å². The Morgan fingerprint density at radius 2 is 2.06 bits per heavy atom. The summed E-state index contributed by atoms with van der Waals surface area (Å²) in [6.07, 6.45) is 2.46. The van der Waals surface area contributed by atoms with Gasteiger partial charge in [-0.2, -0.15) is 0 Å². The van der Waals surface area contributed by atoms with E-state index >= 15 is 0 Å². The lowest BCUT2D eigenvalue weighted by atomic mass is 10.2. The number of nitrogens with two attached hydrogens (primary N) is 1. The van der Waals surface area contributed by atoms with Crippen LogP contribution in [-0.2, 0) is 14.3 Å². The van der Waals surface area contributed by atoms with Crippen molar-refractivity contribution in [1.29, 1.82) is 0 Å². The molecule has 0 aliphatic rings. The molecule has 0 fully saturated rings. The number of hydrogen-bond donors (Lipinski definition) is 2. The number of rotatable bonds is 10. The predicted molar refractivity (Wildman–Crippen MR) is 70.5 cm³/mol. The SMILES string of the molecule is CCCC(N)C(=O)NCCCOCCOC.Cl. The molecule has 3 N–H and O–H groups in total. The van der Waals surface area contributed by atoms with E-state index in [1.54, 1.807) is 7.11 Å². The van der Waals surface area contributed by atoms with Crippen LogP contribution in [0.25, 0.3) is 0 Å². The van der Waals surface area contributed by atoms with Gasteiger partial charge in [0.2, 0.25) is 5.91 Å². The van der Waals surface area contributed by atoms with E-state index in [2.05, 4.69) is 5.32 Å². The Bertz CT molecular complexity index is 182. The third kappa shape index (κ3) is 11.9. The molecular formula is C11H25ClN2O3. The standard InChI is InChI=1S/C11H24N2O3.ClH/c1-3-5-10(12)11(14)13-6-4-7-16-9-8-15-2;/h10H,3-9,12H2,1-2H3,(H,13,14);1H. The molecule has 1 unspecified atom stereocenters. The monoisotopic (exact) mass is 268 g/mol. The fraction of sp³-hybridized carbons (Fsp3) is 0.909. The van der Waals surface area contributed by atoms with Gasteiger partial charge in [0.15, 0.2) is 0 Å². The number of methoxy groups -OCH3 is 1. The quantitative estimate of drug-likeness (QED) is 0.572. The first kappa shape index (κ1) is 19.0. The Balaban J connectivity index is 0. The Labute approximate surface area is 110 Å². The minimum atomic E-state index is -0.376. The number of amides is 1. The number of halogens is 1. The molecule has 5 nitrogen and oxygen atoms in total. The maximum Gasteiger partial charge on any atom is 0.236 e. The molecule has 0 saturated carbocycles. The average molecular weight is 269 g/mol. The zero-order valence-corrected chi connectivity index (χ0v) is 11.6. The van der Waals surface area contributed by atoms with E-state index in [9.17, 15) is 4.79 Å². The summed E-state index contributed by atoms with van der Waals surface area (Å²) in [5.74, 6) is -0.0706. The van der Waals surface area contributed by atoms with Gasteiger partial charge in [-0.1, -0.05) is 13.3 Å². The van der Waals surface area contributed by atoms with Gasteiger partial charge in [0.05, 0.1) is 19.3 Å². The highest BCUT2D eigenvalue weighted by molar-refractivity contribution is 5.85. The highest BCUT2D eigenvalue weighted by atomic mass is 35.5. The molecule has 6 heteroatoms. The van der Waals surface area contributed by atoms with Crippen LogP contribution >= 0.6 is 12.4 Å². The third-order valence-electron chi connectivity index (χ3n) is 2.13. The van der Waals surface area contributed by atoms with E-state index in [1.165, 1.54) is 0 Å². The van der Waals surface area contributed by atoms with Gasteiger partial charge in [-0.15, -0.1) is 12.4 Å². The maximum absolute atomic E-state index is 11.4. The van der Waals surface area contributed by atoms with Crippen molar-refractivity contribution in [2.45, 2.75) is 32.2 Å². The largest absolute Gasteiger partial charge is 0.382 e. The van der Waals surface area contributed by atoms with Gasteiger partial charge < -0.3 is 20.5 Å². The molecule has 0 rings (SSSR count). The van der Waals surface area contributed by atoms with Gasteiger partial charge in [0.25, 0.3) is 0 Å². The minimum Gasteiger partial charge on any atom is -0.382 e. The number of carbonyl (C=O) groups excluding carboxylic acids is 1. The normalized spacial score (nSPS) is 11.7. The number of ether oxygens (including phenoxy) is 2. The maximum atomic E-state index is 11.4. The van der Waals surface area contributed by atoms with Gasteiger partial charge in [0.1, 0.15) is 0 Å². The Kier molecular flexibility index (Phi) is 15.3. The van der Waals surface area contributed by atoms with Crippen LogP contribution in [0.5, 0.6) is 0 Å². The average Bonchev–Trinajstić information content (AvgIpc) is 2.28. The van der Waals surface area contributed by atoms with Crippen molar-refractivity contribution in [1.82, 2.24) is 5.32 Å². The van der Waals surface area contributed by atoms with Crippen LogP contribution in [0.15, 0.2) is 0 Å². The molecular weight excluding hydrogens is 244 g/mol. The molecule has 0 aromatic rings. The zero-order chi connectivity index (χ0) is 12.2. The topological polar surface area (TPSA) is 73.6 Å². The predicted octanol–water partition coefficient (Wildman–Crippen LogP) is 0.705. The van der Waals surface area contributed by atoms with Crippen LogP contribution < -0.4 is 11.1 Å². The first-order valence-corrected chi connectivity index (χ1v) is 5.82. The summed E-state index contributed by atoms with van der Waals surface area (Å²) in [4.78, 5) is 11.4. The summed E-state index contributed by atoms with van der Waals surface area (Å²) in [5.41, 5.74) is 5.65. The Hall–Kier alpha value is -0.360. The van der Waals surface area contributed by atoms with E-state index in [4.69, 9.17) is 15.2 Å². The smallest absolute Gasteiger partial charge is 0.236 e. The molecule has 1 atom stereocenters. The van der Waals surface area contributed by atoms with Crippen molar-refractivity contribution < 1.29 is 14.3 Å². The number of nitrogens with one attached hydrogen (secondary N) is 1. The lowest BCUT2D eigenvalue weighted by molar-refractivity contribution is -0.122. The van der Waals surface area contributed by atoms with Gasteiger partial charge in [-0.25, -0.2) is 0 Å². The van der Waals surface area contributed by atoms with Crippen LogP contribution in [0.4, 0.5) is 0 Å². The van der Waals surface area contributed by atoms with Crippen molar-refractivity contribution in [3.63, 3.8) is 0 Å². The van der Waals surface area contributed by atoms with E-state index in [-0.39, 0.29) is 24.4 Å². The van der Waals surface area contributed by atoms with Crippen LogP contribution in [-0.4, -0.2) is 45.4 Å². The zero-order valence-electron chi connectivity index (χ0n) is 10.7. The molecule has 0 heterocycles. The van der Waals surface area contributed by atoms with Crippen LogP contribution in [0.1, 0.15) is 26.2 Å². The Morgan fingerprint density at radius 3 is 2.65 bits per heavy atom. The third-order valence-corrected chi connectivity index (χ3v) is 2.13. The molecule has 0 aromatic carbocycles. The fourth-order valence-electron chi connectivity index (χ4n) is 1.20. The number of hydrogen-bond acceptors (Lipinski definition) is 4. The number of carbonyl (C=O) groups is 1. The Morgan fingerprint density at radius 1 is 1.35 bits per heavy atom.